The van der Waals surface area contributed by atoms with Crippen LogP contribution in [0.3, 0.4) is 0 Å². The van der Waals surface area contributed by atoms with Gasteiger partial charge < -0.3 is 15.5 Å². The summed E-state index contributed by atoms with van der Waals surface area (Å²) < 4.78 is 13.7. The van der Waals surface area contributed by atoms with E-state index in [0.29, 0.717) is 69.9 Å². The van der Waals surface area contributed by atoms with Crippen LogP contribution in [0.4, 0.5) is 4.39 Å². The zero-order chi connectivity index (χ0) is 27.6. The molecule has 0 aromatic carbocycles. The Morgan fingerprint density at radius 1 is 1.05 bits per heavy atom. The average Bonchev–Trinajstić information content (AvgIpc) is 3.34. The lowest BCUT2D eigenvalue weighted by atomic mass is 9.90. The van der Waals surface area contributed by atoms with Crippen LogP contribution < -0.4 is 10.6 Å². The molecule has 210 valence electrons. The van der Waals surface area contributed by atoms with Crippen LogP contribution in [0.1, 0.15) is 58.3 Å². The van der Waals surface area contributed by atoms with Crippen LogP contribution in [0.15, 0.2) is 58.0 Å². The maximum Gasteiger partial charge on any atom is 0.231 e. The number of nitrogens with one attached hydrogen (secondary N) is 2. The summed E-state index contributed by atoms with van der Waals surface area (Å²) >= 11 is 0. The second-order valence-electron chi connectivity index (χ2n) is 10.7. The molecule has 0 aromatic rings. The summed E-state index contributed by atoms with van der Waals surface area (Å²) in [6.45, 7) is 5.15. The van der Waals surface area contributed by atoms with Crippen LogP contribution in [0.5, 0.6) is 0 Å². The Balaban J connectivity index is 1.38. The largest absolute Gasteiger partial charge is 0.356 e. The van der Waals surface area contributed by atoms with Crippen LogP contribution in [-0.2, 0) is 14.4 Å². The molecule has 3 unspecified atom stereocenters. The number of carbonyl (C=O) groups is 3. The van der Waals surface area contributed by atoms with Gasteiger partial charge in [-0.15, -0.1) is 0 Å². The monoisotopic (exact) mass is 537 g/mol. The van der Waals surface area contributed by atoms with Gasteiger partial charge in [0.15, 0.2) is 0 Å². The normalized spacial score (nSPS) is 27.1. The predicted octanol–water partition coefficient (Wildman–Crippen LogP) is 3.82. The van der Waals surface area contributed by atoms with E-state index in [1.54, 1.807) is 12.2 Å². The van der Waals surface area contributed by atoms with E-state index in [1.165, 1.54) is 12.2 Å². The zero-order valence-electron chi connectivity index (χ0n) is 22.8. The third kappa shape index (κ3) is 8.31. The first kappa shape index (κ1) is 28.6. The van der Waals surface area contributed by atoms with Gasteiger partial charge in [0, 0.05) is 31.8 Å². The Hall–Kier alpha value is -3.36. The smallest absolute Gasteiger partial charge is 0.231 e. The molecule has 4 rings (SSSR count). The second kappa shape index (κ2) is 14.1. The van der Waals surface area contributed by atoms with Crippen molar-refractivity contribution >= 4 is 29.1 Å². The lowest BCUT2D eigenvalue weighted by molar-refractivity contribution is -0.127. The molecule has 3 aliphatic carbocycles. The first-order valence-electron chi connectivity index (χ1n) is 14.3. The first-order chi connectivity index (χ1) is 18.9. The molecule has 0 aromatic heterocycles. The fourth-order valence-electron chi connectivity index (χ4n) is 5.33. The minimum absolute atomic E-state index is 0.107. The minimum Gasteiger partial charge on any atom is -0.356 e. The topological polar surface area (TPSA) is 103 Å². The molecule has 1 aliphatic heterocycles. The van der Waals surface area contributed by atoms with Crippen molar-refractivity contribution < 1.29 is 18.8 Å². The molecule has 3 amide bonds. The Labute approximate surface area is 230 Å². The number of allylic oxidation sites excluding steroid dienone is 6. The van der Waals surface area contributed by atoms with Gasteiger partial charge in [0.1, 0.15) is 5.83 Å². The van der Waals surface area contributed by atoms with Crippen LogP contribution >= 0.6 is 0 Å². The summed E-state index contributed by atoms with van der Waals surface area (Å²) in [7, 11) is 0. The van der Waals surface area contributed by atoms with Gasteiger partial charge in [-0.3, -0.25) is 24.4 Å². The molecule has 1 fully saturated rings. The van der Waals surface area contributed by atoms with E-state index in [2.05, 4.69) is 29.7 Å². The van der Waals surface area contributed by atoms with Crippen molar-refractivity contribution in [3.63, 3.8) is 0 Å². The number of amides is 3. The third-order valence-corrected chi connectivity index (χ3v) is 7.66. The summed E-state index contributed by atoms with van der Waals surface area (Å²) in [6.07, 6.45) is 16.3. The van der Waals surface area contributed by atoms with Gasteiger partial charge in [-0.1, -0.05) is 19.1 Å². The summed E-state index contributed by atoms with van der Waals surface area (Å²) in [5.74, 6) is -1.23. The molecular weight excluding hydrogens is 497 g/mol. The Kier molecular flexibility index (Phi) is 10.4. The van der Waals surface area contributed by atoms with Gasteiger partial charge in [0.2, 0.25) is 17.7 Å². The molecule has 0 radical (unpaired) electrons. The summed E-state index contributed by atoms with van der Waals surface area (Å²) in [4.78, 5) is 48.9. The molecule has 0 bridgehead atoms. The van der Waals surface area contributed by atoms with Gasteiger partial charge >= 0.3 is 0 Å². The Bertz CT molecular complexity index is 1120. The number of aliphatic imine (C=N–C) groups is 2. The average molecular weight is 538 g/mol. The predicted molar refractivity (Wildman–Crippen MR) is 151 cm³/mol. The molecule has 4 aliphatic rings. The SMILES string of the molecule is CC1CCC=CC1=NCCN=C1CCC(C(=O)NCCCN2CCCC2=O)C=C1NC(=O)C1C=C(F)C=CC1. The van der Waals surface area contributed by atoms with Crippen molar-refractivity contribution in [3.05, 3.63) is 48.0 Å². The highest BCUT2D eigenvalue weighted by Crippen LogP contribution is 2.23. The lowest BCUT2D eigenvalue weighted by Crippen LogP contribution is -2.38. The number of likely N-dealkylation sites (tertiary alicyclic amines) is 1. The van der Waals surface area contributed by atoms with E-state index in [0.717, 1.165) is 37.2 Å². The van der Waals surface area contributed by atoms with Crippen LogP contribution in [-0.4, -0.2) is 66.8 Å². The fraction of sp³-hybridized carbons (Fsp3) is 0.567. The van der Waals surface area contributed by atoms with E-state index >= 15 is 0 Å². The number of hydrogen-bond donors (Lipinski definition) is 2. The molecule has 0 spiro atoms. The van der Waals surface area contributed by atoms with Gasteiger partial charge in [0.05, 0.1) is 36.3 Å². The van der Waals surface area contributed by atoms with E-state index < -0.39 is 17.7 Å². The van der Waals surface area contributed by atoms with Gasteiger partial charge in [-0.2, -0.15) is 0 Å². The lowest BCUT2D eigenvalue weighted by Gasteiger charge is -2.24. The molecule has 2 N–H and O–H groups in total. The summed E-state index contributed by atoms with van der Waals surface area (Å²) in [6, 6.07) is 0. The minimum atomic E-state index is -0.606. The van der Waals surface area contributed by atoms with Crippen molar-refractivity contribution in [1.29, 1.82) is 0 Å². The molecule has 3 atom stereocenters. The maximum atomic E-state index is 13.7. The Morgan fingerprint density at radius 2 is 1.90 bits per heavy atom. The number of nitrogens with zero attached hydrogens (tertiary/aromatic N) is 3. The van der Waals surface area contributed by atoms with Crippen molar-refractivity contribution in [3.8, 4) is 0 Å². The highest BCUT2D eigenvalue weighted by atomic mass is 19.1. The fourth-order valence-corrected chi connectivity index (χ4v) is 5.33. The third-order valence-electron chi connectivity index (χ3n) is 7.66. The number of rotatable bonds is 10. The summed E-state index contributed by atoms with van der Waals surface area (Å²) in [5.41, 5.74) is 2.36. The standard InChI is InChI=1S/C30H40FN5O3/c1-21-7-2-3-10-25(21)32-15-16-33-26-13-12-23(29(38)34-14-6-18-36-17-5-11-28(36)37)20-27(26)35-30(39)22-8-4-9-24(31)19-22/h3-4,9-10,19-23H,2,5-8,11-18H2,1H3,(H,34,38)(H,35,39). The quantitative estimate of drug-likeness (QED) is 0.414. The van der Waals surface area contributed by atoms with Gasteiger partial charge in [0.25, 0.3) is 0 Å². The van der Waals surface area contributed by atoms with Gasteiger partial charge in [-0.05, 0) is 75.2 Å². The van der Waals surface area contributed by atoms with Crippen molar-refractivity contribution in [1.82, 2.24) is 15.5 Å². The van der Waals surface area contributed by atoms with Crippen LogP contribution in [0, 0.1) is 17.8 Å². The number of halogens is 1. The van der Waals surface area contributed by atoms with Gasteiger partial charge in [-0.25, -0.2) is 4.39 Å². The highest BCUT2D eigenvalue weighted by molar-refractivity contribution is 6.05. The van der Waals surface area contributed by atoms with E-state index in [9.17, 15) is 18.8 Å². The van der Waals surface area contributed by atoms with Crippen LogP contribution in [0.25, 0.3) is 0 Å². The number of hydrogen-bond acceptors (Lipinski definition) is 5. The van der Waals surface area contributed by atoms with Crippen LogP contribution in [0.2, 0.25) is 0 Å². The number of carbonyl (C=O) groups excluding carboxylic acids is 3. The maximum absolute atomic E-state index is 13.7. The van der Waals surface area contributed by atoms with Crippen molar-refractivity contribution in [2.24, 2.45) is 27.7 Å². The van der Waals surface area contributed by atoms with Crippen molar-refractivity contribution in [2.45, 2.75) is 58.3 Å². The molecule has 39 heavy (non-hydrogen) atoms. The molecule has 0 saturated carbocycles. The highest BCUT2D eigenvalue weighted by Gasteiger charge is 2.27. The molecule has 1 heterocycles. The van der Waals surface area contributed by atoms with Crippen molar-refractivity contribution in [2.75, 3.05) is 32.7 Å². The molecule has 9 heteroatoms. The molecular formula is C30H40FN5O3. The van der Waals surface area contributed by atoms with E-state index in [1.807, 2.05) is 4.90 Å². The second-order valence-corrected chi connectivity index (χ2v) is 10.7. The zero-order valence-corrected chi connectivity index (χ0v) is 22.8. The molecule has 8 nitrogen and oxygen atoms in total. The van der Waals surface area contributed by atoms with E-state index in [4.69, 9.17) is 9.98 Å². The Morgan fingerprint density at radius 3 is 2.67 bits per heavy atom. The molecule has 1 saturated heterocycles. The first-order valence-corrected chi connectivity index (χ1v) is 14.3. The summed E-state index contributed by atoms with van der Waals surface area (Å²) in [5, 5.41) is 5.90. The van der Waals surface area contributed by atoms with E-state index in [-0.39, 0.29) is 17.7 Å².